The maximum Gasteiger partial charge on any atom is 0.223 e. The van der Waals surface area contributed by atoms with Crippen molar-refractivity contribution in [2.75, 3.05) is 36.8 Å². The summed E-state index contributed by atoms with van der Waals surface area (Å²) in [5, 5.41) is 17.6. The van der Waals surface area contributed by atoms with Crippen molar-refractivity contribution in [3.05, 3.63) is 18.0 Å². The van der Waals surface area contributed by atoms with Crippen molar-refractivity contribution in [1.29, 1.82) is 0 Å². The maximum atomic E-state index is 9.92. The van der Waals surface area contributed by atoms with E-state index >= 15 is 0 Å². The number of hydrogen-bond donors (Lipinski definition) is 3. The zero-order valence-corrected chi connectivity index (χ0v) is 16.9. The molecule has 0 spiro atoms. The van der Waals surface area contributed by atoms with Gasteiger partial charge in [-0.1, -0.05) is 6.92 Å². The Balaban J connectivity index is 1.80. The van der Waals surface area contributed by atoms with Crippen LogP contribution in [0.15, 0.2) is 12.3 Å². The first-order chi connectivity index (χ1) is 13.0. The molecule has 0 aromatic carbocycles. The zero-order valence-electron chi connectivity index (χ0n) is 16.9. The lowest BCUT2D eigenvalue weighted by Crippen LogP contribution is -2.37. The molecule has 0 aliphatic carbocycles. The van der Waals surface area contributed by atoms with Crippen molar-refractivity contribution in [2.24, 2.45) is 5.92 Å². The number of piperidine rings is 1. The van der Waals surface area contributed by atoms with Crippen molar-refractivity contribution < 1.29 is 5.11 Å². The van der Waals surface area contributed by atoms with Crippen molar-refractivity contribution >= 4 is 22.7 Å². The van der Waals surface area contributed by atoms with E-state index < -0.39 is 6.10 Å². The second-order valence-corrected chi connectivity index (χ2v) is 7.78. The number of likely N-dealkylation sites (tertiary alicyclic amines) is 1. The van der Waals surface area contributed by atoms with Crippen LogP contribution in [-0.4, -0.2) is 57.2 Å². The Morgan fingerprint density at radius 3 is 2.81 bits per heavy atom. The first kappa shape index (κ1) is 19.8. The molecule has 3 heterocycles. The molecule has 0 saturated carbocycles. The van der Waals surface area contributed by atoms with Gasteiger partial charge in [0, 0.05) is 30.7 Å². The van der Waals surface area contributed by atoms with Gasteiger partial charge in [0.15, 0.2) is 5.82 Å². The molecule has 27 heavy (non-hydrogen) atoms. The minimum absolute atomic E-state index is 0.221. The van der Waals surface area contributed by atoms with Crippen LogP contribution in [0.3, 0.4) is 0 Å². The van der Waals surface area contributed by atoms with Crippen molar-refractivity contribution in [1.82, 2.24) is 19.9 Å². The molecule has 148 valence electrons. The summed E-state index contributed by atoms with van der Waals surface area (Å²) < 4.78 is 0. The summed E-state index contributed by atoms with van der Waals surface area (Å²) in [5.74, 6) is 1.95. The van der Waals surface area contributed by atoms with E-state index in [1.165, 1.54) is 19.4 Å². The summed E-state index contributed by atoms with van der Waals surface area (Å²) in [7, 11) is 0. The topological polar surface area (TPSA) is 86.2 Å². The summed E-state index contributed by atoms with van der Waals surface area (Å²) in [6, 6.07) is 2.08. The van der Waals surface area contributed by atoms with Crippen LogP contribution in [0.5, 0.6) is 0 Å². The third-order valence-electron chi connectivity index (χ3n) is 5.04. The molecular weight excluding hydrogens is 340 g/mol. The van der Waals surface area contributed by atoms with Gasteiger partial charge in [-0.15, -0.1) is 0 Å². The molecule has 7 nitrogen and oxygen atoms in total. The van der Waals surface area contributed by atoms with E-state index in [1.807, 2.05) is 12.3 Å². The third kappa shape index (κ3) is 5.05. The lowest BCUT2D eigenvalue weighted by atomic mass is 9.98. The lowest BCUT2D eigenvalue weighted by molar-refractivity contribution is 0.189. The quantitative estimate of drug-likeness (QED) is 0.688. The Morgan fingerprint density at radius 1 is 1.30 bits per heavy atom. The highest BCUT2D eigenvalue weighted by molar-refractivity contribution is 5.88. The first-order valence-electron chi connectivity index (χ1n) is 10.0. The van der Waals surface area contributed by atoms with E-state index in [4.69, 9.17) is 4.98 Å². The van der Waals surface area contributed by atoms with Gasteiger partial charge < -0.3 is 20.6 Å². The van der Waals surface area contributed by atoms with E-state index in [1.54, 1.807) is 6.92 Å². The van der Waals surface area contributed by atoms with Crippen LogP contribution in [0, 0.1) is 5.92 Å². The number of aromatic nitrogens is 3. The van der Waals surface area contributed by atoms with Gasteiger partial charge in [0.2, 0.25) is 5.95 Å². The van der Waals surface area contributed by atoms with Crippen LogP contribution >= 0.6 is 0 Å². The van der Waals surface area contributed by atoms with Crippen LogP contribution in [0.25, 0.3) is 10.9 Å². The minimum atomic E-state index is -0.632. The molecule has 2 aromatic rings. The van der Waals surface area contributed by atoms with E-state index in [9.17, 15) is 5.11 Å². The number of aliphatic hydroxyl groups excluding tert-OH is 1. The molecule has 1 unspecified atom stereocenters. The van der Waals surface area contributed by atoms with Crippen LogP contribution in [-0.2, 0) is 0 Å². The van der Waals surface area contributed by atoms with Crippen molar-refractivity contribution in [3.8, 4) is 0 Å². The average molecular weight is 373 g/mol. The Hall–Kier alpha value is -1.99. The molecule has 1 fully saturated rings. The minimum Gasteiger partial charge on any atom is -0.387 e. The molecule has 0 bridgehead atoms. The number of fused-ring (bicyclic) bond motifs is 1. The van der Waals surface area contributed by atoms with Crippen molar-refractivity contribution in [2.45, 2.75) is 52.7 Å². The predicted octanol–water partition coefficient (Wildman–Crippen LogP) is 3.04. The van der Waals surface area contributed by atoms with E-state index in [0.29, 0.717) is 23.4 Å². The number of anilines is 2. The first-order valence-corrected chi connectivity index (χ1v) is 10.0. The molecule has 3 rings (SSSR count). The summed E-state index contributed by atoms with van der Waals surface area (Å²) in [6.07, 6.45) is 3.68. The van der Waals surface area contributed by atoms with E-state index in [-0.39, 0.29) is 6.04 Å². The largest absolute Gasteiger partial charge is 0.387 e. The van der Waals surface area contributed by atoms with Gasteiger partial charge in [0.25, 0.3) is 0 Å². The van der Waals surface area contributed by atoms with Crippen LogP contribution in [0.1, 0.15) is 52.3 Å². The van der Waals surface area contributed by atoms with Crippen LogP contribution in [0.4, 0.5) is 11.8 Å². The number of rotatable bonds is 7. The third-order valence-corrected chi connectivity index (χ3v) is 5.04. The van der Waals surface area contributed by atoms with Crippen LogP contribution < -0.4 is 10.6 Å². The molecule has 7 heteroatoms. The van der Waals surface area contributed by atoms with Crippen LogP contribution in [0.2, 0.25) is 0 Å². The second-order valence-electron chi connectivity index (χ2n) is 7.78. The molecule has 1 saturated heterocycles. The highest BCUT2D eigenvalue weighted by atomic mass is 16.3. The zero-order chi connectivity index (χ0) is 19.4. The van der Waals surface area contributed by atoms with Crippen molar-refractivity contribution in [3.63, 3.8) is 0 Å². The Bertz CT molecular complexity index is 763. The van der Waals surface area contributed by atoms with Gasteiger partial charge in [0.1, 0.15) is 5.52 Å². The fourth-order valence-electron chi connectivity index (χ4n) is 3.57. The van der Waals surface area contributed by atoms with Gasteiger partial charge >= 0.3 is 0 Å². The molecule has 3 N–H and O–H groups in total. The molecule has 2 atom stereocenters. The summed E-state index contributed by atoms with van der Waals surface area (Å²) in [4.78, 5) is 16.3. The van der Waals surface area contributed by atoms with Gasteiger partial charge in [-0.3, -0.25) is 0 Å². The lowest BCUT2D eigenvalue weighted by Gasteiger charge is -2.31. The fourth-order valence-corrected chi connectivity index (χ4v) is 3.57. The molecular formula is C20H32N6O. The molecule has 0 radical (unpaired) electrons. The molecule has 0 amide bonds. The number of nitrogens with one attached hydrogen (secondary N) is 2. The smallest absolute Gasteiger partial charge is 0.223 e. The second kappa shape index (κ2) is 8.80. The predicted molar refractivity (Wildman–Crippen MR) is 110 cm³/mol. The maximum absolute atomic E-state index is 9.92. The van der Waals surface area contributed by atoms with Gasteiger partial charge in [-0.2, -0.15) is 0 Å². The van der Waals surface area contributed by atoms with E-state index in [0.717, 1.165) is 30.5 Å². The Labute approximate surface area is 161 Å². The van der Waals surface area contributed by atoms with Gasteiger partial charge in [-0.25, -0.2) is 15.0 Å². The highest BCUT2D eigenvalue weighted by Crippen LogP contribution is 2.25. The summed E-state index contributed by atoms with van der Waals surface area (Å²) in [6.45, 7) is 12.4. The van der Waals surface area contributed by atoms with E-state index in [2.05, 4.69) is 46.3 Å². The monoisotopic (exact) mass is 372 g/mol. The highest BCUT2D eigenvalue weighted by Gasteiger charge is 2.19. The standard InChI is InChI=1S/C20H32N6O/c1-5-26-8-6-7-15(12-26)10-21-20-22-11-16-9-17(14(4)27)24-19(18(16)25-20)23-13(2)3/h9,11,13-15,27H,5-8,10,12H2,1-4H3,(H,23,24)(H,21,22,25)/t14-,15?/m1/s1. The summed E-state index contributed by atoms with van der Waals surface area (Å²) >= 11 is 0. The number of hydrogen-bond acceptors (Lipinski definition) is 7. The Kier molecular flexibility index (Phi) is 6.44. The normalized spacial score (nSPS) is 19.4. The van der Waals surface area contributed by atoms with Gasteiger partial charge in [-0.05, 0) is 58.7 Å². The number of pyridine rings is 1. The number of nitrogens with zero attached hydrogens (tertiary/aromatic N) is 4. The fraction of sp³-hybridized carbons (Fsp3) is 0.650. The Morgan fingerprint density at radius 2 is 2.11 bits per heavy atom. The molecule has 1 aliphatic rings. The molecule has 2 aromatic heterocycles. The average Bonchev–Trinajstić information content (AvgIpc) is 2.66. The number of aliphatic hydroxyl groups is 1. The van der Waals surface area contributed by atoms with Gasteiger partial charge in [0.05, 0.1) is 11.8 Å². The summed E-state index contributed by atoms with van der Waals surface area (Å²) in [5.41, 5.74) is 1.40. The molecule has 1 aliphatic heterocycles. The SMILES string of the molecule is CCN1CCCC(CNc2ncc3cc([C@@H](C)O)nc(NC(C)C)c3n2)C1.